The van der Waals surface area contributed by atoms with E-state index in [1.807, 2.05) is 0 Å². The Morgan fingerprint density at radius 1 is 1.33 bits per heavy atom. The van der Waals surface area contributed by atoms with Crippen LogP contribution in [-0.2, 0) is 10.0 Å². The SMILES string of the molecule is NNc1nc2sccn2c1S(=O)(=O)Nc1ccccc1Br. The first-order valence-corrected chi connectivity index (χ1v) is 8.88. The Balaban J connectivity index is 2.12. The Hall–Kier alpha value is -1.62. The fourth-order valence-electron chi connectivity index (χ4n) is 1.85. The van der Waals surface area contributed by atoms with Gasteiger partial charge in [-0.05, 0) is 28.1 Å². The van der Waals surface area contributed by atoms with Crippen LogP contribution in [-0.4, -0.2) is 17.8 Å². The predicted octanol–water partition coefficient (Wildman–Crippen LogP) is 2.24. The summed E-state index contributed by atoms with van der Waals surface area (Å²) < 4.78 is 29.9. The normalized spacial score (nSPS) is 11.7. The van der Waals surface area contributed by atoms with Gasteiger partial charge in [-0.3, -0.25) is 9.12 Å². The molecule has 0 unspecified atom stereocenters. The van der Waals surface area contributed by atoms with Crippen LogP contribution in [0.3, 0.4) is 0 Å². The highest BCUT2D eigenvalue weighted by Crippen LogP contribution is 2.29. The molecule has 0 saturated heterocycles. The number of nitrogens with two attached hydrogens (primary N) is 1. The fraction of sp³-hybridized carbons (Fsp3) is 0. The minimum absolute atomic E-state index is 0.0306. The highest BCUT2D eigenvalue weighted by atomic mass is 79.9. The molecule has 2 heterocycles. The van der Waals surface area contributed by atoms with Gasteiger partial charge in [0.05, 0.1) is 5.69 Å². The molecule has 4 N–H and O–H groups in total. The van der Waals surface area contributed by atoms with Crippen molar-refractivity contribution < 1.29 is 8.42 Å². The second kappa shape index (κ2) is 5.30. The Morgan fingerprint density at radius 2 is 2.10 bits per heavy atom. The summed E-state index contributed by atoms with van der Waals surface area (Å²) >= 11 is 4.62. The number of aromatic nitrogens is 2. The smallest absolute Gasteiger partial charge is 0.281 e. The lowest BCUT2D eigenvalue weighted by atomic mass is 10.3. The van der Waals surface area contributed by atoms with E-state index in [1.165, 1.54) is 15.7 Å². The number of rotatable bonds is 4. The van der Waals surface area contributed by atoms with E-state index in [0.717, 1.165) is 0 Å². The Labute approximate surface area is 133 Å². The lowest BCUT2D eigenvalue weighted by Gasteiger charge is -2.10. The van der Waals surface area contributed by atoms with E-state index < -0.39 is 10.0 Å². The number of anilines is 2. The molecule has 3 rings (SSSR count). The number of hydrogen-bond acceptors (Lipinski definition) is 6. The van der Waals surface area contributed by atoms with E-state index in [-0.39, 0.29) is 10.8 Å². The molecule has 21 heavy (non-hydrogen) atoms. The van der Waals surface area contributed by atoms with Crippen LogP contribution in [0.1, 0.15) is 0 Å². The van der Waals surface area contributed by atoms with Crippen LogP contribution in [0, 0.1) is 0 Å². The summed E-state index contributed by atoms with van der Waals surface area (Å²) in [5.74, 6) is 5.47. The minimum Gasteiger partial charge on any atom is -0.306 e. The van der Waals surface area contributed by atoms with Gasteiger partial charge in [0.2, 0.25) is 5.03 Å². The standard InChI is InChI=1S/C11H10BrN5O2S2/c12-7-3-1-2-4-8(7)16-21(18,19)10-9(15-13)14-11-17(10)5-6-20-11/h1-6,15-16H,13H2. The van der Waals surface area contributed by atoms with Crippen molar-refractivity contribution in [2.75, 3.05) is 10.1 Å². The fourth-order valence-corrected chi connectivity index (χ4v) is 4.47. The minimum atomic E-state index is -3.85. The van der Waals surface area contributed by atoms with Gasteiger partial charge in [0, 0.05) is 16.0 Å². The highest BCUT2D eigenvalue weighted by molar-refractivity contribution is 9.10. The summed E-state index contributed by atoms with van der Waals surface area (Å²) in [4.78, 5) is 4.67. The number of benzene rings is 1. The zero-order chi connectivity index (χ0) is 15.0. The van der Waals surface area contributed by atoms with Crippen molar-refractivity contribution in [3.63, 3.8) is 0 Å². The number of imidazole rings is 1. The Bertz CT molecular complexity index is 902. The number of halogens is 1. The number of nitrogens with one attached hydrogen (secondary N) is 2. The number of hydrogen-bond donors (Lipinski definition) is 3. The molecule has 0 bridgehead atoms. The summed E-state index contributed by atoms with van der Waals surface area (Å²) in [5, 5.41) is 1.72. The summed E-state index contributed by atoms with van der Waals surface area (Å²) in [6, 6.07) is 6.94. The molecule has 0 amide bonds. The van der Waals surface area contributed by atoms with Gasteiger partial charge in [-0.15, -0.1) is 11.3 Å². The lowest BCUT2D eigenvalue weighted by molar-refractivity contribution is 0.597. The number of nitrogen functional groups attached to an aromatic ring is 1. The molecular weight excluding hydrogens is 378 g/mol. The zero-order valence-corrected chi connectivity index (χ0v) is 13.7. The van der Waals surface area contributed by atoms with E-state index >= 15 is 0 Å². The van der Waals surface area contributed by atoms with Gasteiger partial charge in [-0.2, -0.15) is 13.4 Å². The molecule has 0 saturated carbocycles. The third-order valence-electron chi connectivity index (χ3n) is 2.73. The number of sulfonamides is 1. The molecule has 0 spiro atoms. The van der Waals surface area contributed by atoms with E-state index in [1.54, 1.807) is 35.8 Å². The van der Waals surface area contributed by atoms with Crippen LogP contribution in [0.25, 0.3) is 4.96 Å². The zero-order valence-electron chi connectivity index (χ0n) is 10.4. The first-order chi connectivity index (χ1) is 10.0. The predicted molar refractivity (Wildman–Crippen MR) is 85.8 cm³/mol. The second-order valence-electron chi connectivity index (χ2n) is 4.05. The van der Waals surface area contributed by atoms with Crippen LogP contribution < -0.4 is 16.0 Å². The average Bonchev–Trinajstić information content (AvgIpc) is 3.00. The monoisotopic (exact) mass is 387 g/mol. The van der Waals surface area contributed by atoms with Crippen LogP contribution in [0.15, 0.2) is 45.3 Å². The maximum atomic E-state index is 12.6. The second-order valence-corrected chi connectivity index (χ2v) is 7.38. The topological polar surface area (TPSA) is 102 Å². The number of fused-ring (bicyclic) bond motifs is 1. The molecule has 10 heteroatoms. The largest absolute Gasteiger partial charge is 0.306 e. The van der Waals surface area contributed by atoms with E-state index in [9.17, 15) is 8.42 Å². The summed E-state index contributed by atoms with van der Waals surface area (Å²) in [6.45, 7) is 0. The van der Waals surface area contributed by atoms with Crippen LogP contribution in [0.5, 0.6) is 0 Å². The van der Waals surface area contributed by atoms with Gasteiger partial charge in [0.25, 0.3) is 10.0 Å². The highest BCUT2D eigenvalue weighted by Gasteiger charge is 2.26. The van der Waals surface area contributed by atoms with Crippen molar-refractivity contribution in [2.24, 2.45) is 5.84 Å². The van der Waals surface area contributed by atoms with E-state index in [2.05, 4.69) is 31.1 Å². The van der Waals surface area contributed by atoms with Gasteiger partial charge in [-0.1, -0.05) is 12.1 Å². The van der Waals surface area contributed by atoms with Crippen LogP contribution in [0.4, 0.5) is 11.5 Å². The van der Waals surface area contributed by atoms with Crippen molar-refractivity contribution in [1.29, 1.82) is 0 Å². The number of hydrazine groups is 1. The molecule has 0 fully saturated rings. The molecule has 7 nitrogen and oxygen atoms in total. The van der Waals surface area contributed by atoms with Crippen molar-refractivity contribution in [2.45, 2.75) is 5.03 Å². The van der Waals surface area contributed by atoms with Crippen molar-refractivity contribution in [3.05, 3.63) is 40.3 Å². The quantitative estimate of drug-likeness (QED) is 0.470. The van der Waals surface area contributed by atoms with Gasteiger partial charge in [0.15, 0.2) is 10.8 Å². The van der Waals surface area contributed by atoms with Crippen molar-refractivity contribution in [1.82, 2.24) is 9.38 Å². The molecule has 2 aromatic heterocycles. The van der Waals surface area contributed by atoms with Gasteiger partial charge >= 0.3 is 0 Å². The molecule has 110 valence electrons. The van der Waals surface area contributed by atoms with E-state index in [4.69, 9.17) is 5.84 Å². The average molecular weight is 388 g/mol. The van der Waals surface area contributed by atoms with E-state index in [0.29, 0.717) is 15.1 Å². The molecular formula is C11H10BrN5O2S2. The summed E-state index contributed by atoms with van der Waals surface area (Å²) in [7, 11) is -3.85. The maximum absolute atomic E-state index is 12.6. The third-order valence-corrected chi connectivity index (χ3v) is 5.56. The molecule has 0 aliphatic rings. The lowest BCUT2D eigenvalue weighted by Crippen LogP contribution is -2.19. The van der Waals surface area contributed by atoms with Crippen LogP contribution >= 0.6 is 27.3 Å². The van der Waals surface area contributed by atoms with Gasteiger partial charge in [0.1, 0.15) is 0 Å². The molecule has 1 aromatic carbocycles. The van der Waals surface area contributed by atoms with Crippen molar-refractivity contribution in [3.8, 4) is 0 Å². The molecule has 3 aromatic rings. The number of para-hydroxylation sites is 1. The molecule has 0 atom stereocenters. The first kappa shape index (κ1) is 14.3. The third kappa shape index (κ3) is 2.50. The maximum Gasteiger partial charge on any atom is 0.281 e. The summed E-state index contributed by atoms with van der Waals surface area (Å²) in [6.07, 6.45) is 1.63. The Morgan fingerprint density at radius 3 is 2.81 bits per heavy atom. The molecule has 0 aliphatic carbocycles. The Kier molecular flexibility index (Phi) is 3.61. The first-order valence-electron chi connectivity index (χ1n) is 5.72. The number of thiazole rings is 1. The molecule has 0 aliphatic heterocycles. The number of nitrogens with zero attached hydrogens (tertiary/aromatic N) is 2. The van der Waals surface area contributed by atoms with Gasteiger partial charge < -0.3 is 5.43 Å². The van der Waals surface area contributed by atoms with Gasteiger partial charge in [-0.25, -0.2) is 5.84 Å². The van der Waals surface area contributed by atoms with Crippen molar-refractivity contribution >= 4 is 53.8 Å². The molecule has 0 radical (unpaired) electrons. The summed E-state index contributed by atoms with van der Waals surface area (Å²) in [5.41, 5.74) is 2.76. The van der Waals surface area contributed by atoms with Crippen LogP contribution in [0.2, 0.25) is 0 Å².